The molecule has 106 valence electrons. The fourth-order valence-electron chi connectivity index (χ4n) is 2.24. The van der Waals surface area contributed by atoms with Gasteiger partial charge in [0.2, 0.25) is 0 Å². The molecule has 1 N–H and O–H groups in total. The molecule has 6 nitrogen and oxygen atoms in total. The van der Waals surface area contributed by atoms with E-state index in [1.807, 2.05) is 0 Å². The van der Waals surface area contributed by atoms with Gasteiger partial charge in [-0.3, -0.25) is 14.4 Å². The van der Waals surface area contributed by atoms with Crippen molar-refractivity contribution in [2.45, 2.75) is 6.92 Å². The summed E-state index contributed by atoms with van der Waals surface area (Å²) in [5.74, 6) is 0.365. The molecule has 0 bridgehead atoms. The number of carbonyl (C=O) groups is 1. The van der Waals surface area contributed by atoms with Gasteiger partial charge in [0, 0.05) is 39.4 Å². The molecule has 2 rings (SSSR count). The molecule has 1 atom stereocenters. The van der Waals surface area contributed by atoms with E-state index in [1.165, 1.54) is 0 Å². The second-order valence-electron chi connectivity index (χ2n) is 5.07. The fraction of sp³-hybridized carbons (Fsp3) is 0.692. The van der Waals surface area contributed by atoms with E-state index in [0.29, 0.717) is 18.2 Å². The van der Waals surface area contributed by atoms with Gasteiger partial charge >= 0.3 is 0 Å². The standard InChI is InChI=1S/C13H22N4O2/c1-11(10-17-5-7-19-8-6-17)9-14-13(18)12-3-4-15-16(12)2/h3-4,11H,5-10H2,1-2H3,(H,14,18). The van der Waals surface area contributed by atoms with Gasteiger partial charge in [-0.25, -0.2) is 0 Å². The third-order valence-corrected chi connectivity index (χ3v) is 3.34. The number of morpholine rings is 1. The van der Waals surface area contributed by atoms with Gasteiger partial charge in [0.1, 0.15) is 5.69 Å². The van der Waals surface area contributed by atoms with Crippen molar-refractivity contribution in [3.63, 3.8) is 0 Å². The predicted octanol–water partition coefficient (Wildman–Crippen LogP) is 0.118. The SMILES string of the molecule is CC(CNC(=O)c1ccnn1C)CN1CCOCC1. The molecule has 1 saturated heterocycles. The molecule has 1 aliphatic rings. The molecule has 2 heterocycles. The lowest BCUT2D eigenvalue weighted by atomic mass is 10.1. The maximum absolute atomic E-state index is 11.9. The summed E-state index contributed by atoms with van der Waals surface area (Å²) in [6, 6.07) is 1.72. The average molecular weight is 266 g/mol. The summed E-state index contributed by atoms with van der Waals surface area (Å²) in [7, 11) is 1.77. The summed E-state index contributed by atoms with van der Waals surface area (Å²) < 4.78 is 6.91. The van der Waals surface area contributed by atoms with Crippen molar-refractivity contribution in [3.8, 4) is 0 Å². The quantitative estimate of drug-likeness (QED) is 0.822. The zero-order valence-corrected chi connectivity index (χ0v) is 11.6. The van der Waals surface area contributed by atoms with Crippen LogP contribution in [0.3, 0.4) is 0 Å². The first-order valence-electron chi connectivity index (χ1n) is 6.73. The third kappa shape index (κ3) is 4.04. The Hall–Kier alpha value is -1.40. The topological polar surface area (TPSA) is 59.4 Å². The first kappa shape index (κ1) is 14.0. The van der Waals surface area contributed by atoms with Crippen molar-refractivity contribution in [1.29, 1.82) is 0 Å². The number of hydrogen-bond donors (Lipinski definition) is 1. The number of nitrogens with one attached hydrogen (secondary N) is 1. The van der Waals surface area contributed by atoms with Crippen LogP contribution < -0.4 is 5.32 Å². The Kier molecular flexibility index (Phi) is 4.93. The van der Waals surface area contributed by atoms with E-state index in [2.05, 4.69) is 22.2 Å². The largest absolute Gasteiger partial charge is 0.379 e. The van der Waals surface area contributed by atoms with Crippen LogP contribution in [0.5, 0.6) is 0 Å². The highest BCUT2D eigenvalue weighted by Crippen LogP contribution is 2.03. The Morgan fingerprint density at radius 3 is 2.89 bits per heavy atom. The van der Waals surface area contributed by atoms with Crippen LogP contribution in [0.1, 0.15) is 17.4 Å². The van der Waals surface area contributed by atoms with E-state index >= 15 is 0 Å². The number of carbonyl (C=O) groups excluding carboxylic acids is 1. The summed E-state index contributed by atoms with van der Waals surface area (Å²) in [4.78, 5) is 14.3. The van der Waals surface area contributed by atoms with Crippen molar-refractivity contribution in [1.82, 2.24) is 20.0 Å². The van der Waals surface area contributed by atoms with Gasteiger partial charge < -0.3 is 10.1 Å². The molecule has 0 spiro atoms. The molecule has 0 radical (unpaired) electrons. The molecule has 0 saturated carbocycles. The number of rotatable bonds is 5. The van der Waals surface area contributed by atoms with Gasteiger partial charge in [-0.05, 0) is 12.0 Å². The van der Waals surface area contributed by atoms with Gasteiger partial charge in [0.05, 0.1) is 13.2 Å². The Morgan fingerprint density at radius 1 is 1.53 bits per heavy atom. The van der Waals surface area contributed by atoms with E-state index in [-0.39, 0.29) is 5.91 Å². The zero-order valence-electron chi connectivity index (χ0n) is 11.6. The third-order valence-electron chi connectivity index (χ3n) is 3.34. The Bertz CT molecular complexity index is 413. The molecule has 1 aromatic heterocycles. The van der Waals surface area contributed by atoms with Gasteiger partial charge in [0.15, 0.2) is 0 Å². The molecule has 19 heavy (non-hydrogen) atoms. The summed E-state index contributed by atoms with van der Waals surface area (Å²) in [5, 5.41) is 6.95. The molecule has 6 heteroatoms. The van der Waals surface area contributed by atoms with Crippen LogP contribution in [0.4, 0.5) is 0 Å². The second kappa shape index (κ2) is 6.68. The van der Waals surface area contributed by atoms with Crippen molar-refractivity contribution in [2.24, 2.45) is 13.0 Å². The Labute approximate surface area is 113 Å². The summed E-state index contributed by atoms with van der Waals surface area (Å²) in [5.41, 5.74) is 0.596. The minimum atomic E-state index is -0.0613. The van der Waals surface area contributed by atoms with E-state index in [1.54, 1.807) is 24.0 Å². The highest BCUT2D eigenvalue weighted by molar-refractivity contribution is 5.92. The number of aryl methyl sites for hydroxylation is 1. The van der Waals surface area contributed by atoms with Gasteiger partial charge in [-0.15, -0.1) is 0 Å². The van der Waals surface area contributed by atoms with Crippen LogP contribution in [0.15, 0.2) is 12.3 Å². The van der Waals surface area contributed by atoms with Gasteiger partial charge in [0.25, 0.3) is 5.91 Å². The minimum absolute atomic E-state index is 0.0613. The maximum atomic E-state index is 11.9. The molecular formula is C13H22N4O2. The number of aromatic nitrogens is 2. The monoisotopic (exact) mass is 266 g/mol. The summed E-state index contributed by atoms with van der Waals surface area (Å²) in [6.07, 6.45) is 1.63. The van der Waals surface area contributed by atoms with Crippen molar-refractivity contribution < 1.29 is 9.53 Å². The molecule has 0 aliphatic carbocycles. The van der Waals surface area contributed by atoms with Crippen molar-refractivity contribution in [2.75, 3.05) is 39.4 Å². The van der Waals surface area contributed by atoms with Crippen LogP contribution in [-0.2, 0) is 11.8 Å². The number of hydrogen-bond acceptors (Lipinski definition) is 4. The Morgan fingerprint density at radius 2 is 2.26 bits per heavy atom. The lowest BCUT2D eigenvalue weighted by Crippen LogP contribution is -2.41. The van der Waals surface area contributed by atoms with E-state index in [0.717, 1.165) is 32.8 Å². The number of nitrogens with zero attached hydrogens (tertiary/aromatic N) is 3. The second-order valence-corrected chi connectivity index (χ2v) is 5.07. The van der Waals surface area contributed by atoms with Crippen molar-refractivity contribution in [3.05, 3.63) is 18.0 Å². The van der Waals surface area contributed by atoms with Crippen LogP contribution in [0, 0.1) is 5.92 Å². The summed E-state index contributed by atoms with van der Waals surface area (Å²) >= 11 is 0. The van der Waals surface area contributed by atoms with Gasteiger partial charge in [-0.2, -0.15) is 5.10 Å². The van der Waals surface area contributed by atoms with E-state index < -0.39 is 0 Å². The zero-order chi connectivity index (χ0) is 13.7. The average Bonchev–Trinajstić information content (AvgIpc) is 2.83. The number of amides is 1. The predicted molar refractivity (Wildman–Crippen MR) is 72.0 cm³/mol. The molecular weight excluding hydrogens is 244 g/mol. The molecule has 1 unspecified atom stereocenters. The number of ether oxygens (including phenoxy) is 1. The van der Waals surface area contributed by atoms with E-state index in [4.69, 9.17) is 4.74 Å². The summed E-state index contributed by atoms with van der Waals surface area (Å²) in [6.45, 7) is 7.43. The molecule has 1 aliphatic heterocycles. The highest BCUT2D eigenvalue weighted by atomic mass is 16.5. The van der Waals surface area contributed by atoms with E-state index in [9.17, 15) is 4.79 Å². The molecule has 0 aromatic carbocycles. The molecule has 1 aromatic rings. The molecule has 1 amide bonds. The Balaban J connectivity index is 1.72. The normalized spacial score (nSPS) is 18.2. The van der Waals surface area contributed by atoms with Crippen molar-refractivity contribution >= 4 is 5.91 Å². The van der Waals surface area contributed by atoms with Crippen LogP contribution in [0.25, 0.3) is 0 Å². The molecule has 1 fully saturated rings. The smallest absolute Gasteiger partial charge is 0.269 e. The first-order valence-corrected chi connectivity index (χ1v) is 6.73. The minimum Gasteiger partial charge on any atom is -0.379 e. The van der Waals surface area contributed by atoms with Crippen LogP contribution in [0.2, 0.25) is 0 Å². The lowest BCUT2D eigenvalue weighted by molar-refractivity contribution is 0.0317. The maximum Gasteiger partial charge on any atom is 0.269 e. The van der Waals surface area contributed by atoms with Crippen LogP contribution in [-0.4, -0.2) is 60.0 Å². The van der Waals surface area contributed by atoms with Gasteiger partial charge in [-0.1, -0.05) is 6.92 Å². The first-order chi connectivity index (χ1) is 9.16. The fourth-order valence-corrected chi connectivity index (χ4v) is 2.24. The highest BCUT2D eigenvalue weighted by Gasteiger charge is 2.15. The lowest BCUT2D eigenvalue weighted by Gasteiger charge is -2.29. The van der Waals surface area contributed by atoms with Crippen LogP contribution >= 0.6 is 0 Å².